The molecule has 25 heavy (non-hydrogen) atoms. The summed E-state index contributed by atoms with van der Waals surface area (Å²) in [7, 11) is 3.52. The fourth-order valence-corrected chi connectivity index (χ4v) is 4.11. The number of fused-ring (bicyclic) bond motifs is 1. The molecule has 4 rings (SSSR count). The number of aryl methyl sites for hydroxylation is 2. The predicted octanol–water partition coefficient (Wildman–Crippen LogP) is 2.40. The van der Waals surface area contributed by atoms with Gasteiger partial charge < -0.3 is 14.4 Å². The smallest absolute Gasteiger partial charge is 0.264 e. The molecule has 0 spiro atoms. The largest absolute Gasteiger partial charge is 0.481 e. The van der Waals surface area contributed by atoms with Crippen molar-refractivity contribution in [2.75, 3.05) is 13.7 Å². The SMILES string of the molecule is COc1c([C@@H]2CCCN2C(=O)[C@@H]2Cc3ccccc3O2)c(C)nn1C. The number of nitrogens with zero attached hydrogens (tertiary/aromatic N) is 3. The molecule has 0 unspecified atom stereocenters. The minimum absolute atomic E-state index is 0.00321. The summed E-state index contributed by atoms with van der Waals surface area (Å²) in [6.07, 6.45) is 2.12. The molecule has 1 amide bonds. The number of hydrogen-bond acceptors (Lipinski definition) is 4. The number of hydrogen-bond donors (Lipinski definition) is 0. The maximum atomic E-state index is 13.2. The first-order valence-electron chi connectivity index (χ1n) is 8.72. The molecule has 1 saturated heterocycles. The summed E-state index contributed by atoms with van der Waals surface area (Å²) in [5.74, 6) is 1.62. The van der Waals surface area contributed by atoms with Crippen molar-refractivity contribution in [3.63, 3.8) is 0 Å². The zero-order valence-electron chi connectivity index (χ0n) is 14.9. The molecule has 0 radical (unpaired) electrons. The van der Waals surface area contributed by atoms with Crippen LogP contribution in [-0.2, 0) is 18.3 Å². The summed E-state index contributed by atoms with van der Waals surface area (Å²) in [6.45, 7) is 2.72. The Bertz CT molecular complexity index is 789. The normalized spacial score (nSPS) is 22.0. The van der Waals surface area contributed by atoms with E-state index in [1.54, 1.807) is 11.8 Å². The first-order valence-corrected chi connectivity index (χ1v) is 8.72. The third kappa shape index (κ3) is 2.56. The van der Waals surface area contributed by atoms with E-state index in [0.717, 1.165) is 47.8 Å². The number of carbonyl (C=O) groups excluding carboxylic acids is 1. The molecule has 2 aliphatic heterocycles. The first kappa shape index (κ1) is 16.0. The van der Waals surface area contributed by atoms with Gasteiger partial charge in [0.05, 0.1) is 24.4 Å². The molecule has 1 fully saturated rings. The minimum Gasteiger partial charge on any atom is -0.481 e. The van der Waals surface area contributed by atoms with Crippen molar-refractivity contribution in [2.24, 2.45) is 7.05 Å². The highest BCUT2D eigenvalue weighted by atomic mass is 16.5. The number of methoxy groups -OCH3 is 1. The van der Waals surface area contributed by atoms with Crippen molar-refractivity contribution in [1.29, 1.82) is 0 Å². The van der Waals surface area contributed by atoms with Crippen molar-refractivity contribution in [3.05, 3.63) is 41.1 Å². The number of rotatable bonds is 3. The van der Waals surface area contributed by atoms with Crippen LogP contribution in [0.4, 0.5) is 0 Å². The Morgan fingerprint density at radius 1 is 1.36 bits per heavy atom. The zero-order valence-corrected chi connectivity index (χ0v) is 14.9. The van der Waals surface area contributed by atoms with Crippen LogP contribution in [0.3, 0.4) is 0 Å². The van der Waals surface area contributed by atoms with Gasteiger partial charge in [0, 0.05) is 20.0 Å². The molecule has 2 aliphatic rings. The molecule has 2 atom stereocenters. The van der Waals surface area contributed by atoms with Crippen molar-refractivity contribution < 1.29 is 14.3 Å². The van der Waals surface area contributed by atoms with Gasteiger partial charge in [-0.3, -0.25) is 4.79 Å². The number of carbonyl (C=O) groups is 1. The number of benzene rings is 1. The van der Waals surface area contributed by atoms with Crippen LogP contribution >= 0.6 is 0 Å². The molecule has 0 N–H and O–H groups in total. The molecule has 1 aromatic heterocycles. The molecule has 3 heterocycles. The lowest BCUT2D eigenvalue weighted by Gasteiger charge is -2.27. The molecule has 2 aromatic rings. The quantitative estimate of drug-likeness (QED) is 0.860. The average molecular weight is 341 g/mol. The van der Waals surface area contributed by atoms with Gasteiger partial charge in [0.15, 0.2) is 6.10 Å². The van der Waals surface area contributed by atoms with E-state index in [2.05, 4.69) is 5.10 Å². The summed E-state index contributed by atoms with van der Waals surface area (Å²) < 4.78 is 13.2. The highest BCUT2D eigenvalue weighted by Gasteiger charge is 2.40. The number of para-hydroxylation sites is 1. The second kappa shape index (κ2) is 6.10. The highest BCUT2D eigenvalue weighted by molar-refractivity contribution is 5.83. The summed E-state index contributed by atoms with van der Waals surface area (Å²) in [4.78, 5) is 15.1. The van der Waals surface area contributed by atoms with Crippen molar-refractivity contribution >= 4 is 5.91 Å². The van der Waals surface area contributed by atoms with E-state index in [-0.39, 0.29) is 11.9 Å². The zero-order chi connectivity index (χ0) is 17.6. The van der Waals surface area contributed by atoms with Gasteiger partial charge in [-0.15, -0.1) is 0 Å². The molecule has 0 aliphatic carbocycles. The Kier molecular flexibility index (Phi) is 3.90. The second-order valence-corrected chi connectivity index (χ2v) is 6.74. The van der Waals surface area contributed by atoms with Gasteiger partial charge >= 0.3 is 0 Å². The van der Waals surface area contributed by atoms with E-state index in [9.17, 15) is 4.79 Å². The maximum Gasteiger partial charge on any atom is 0.264 e. The standard InChI is InChI=1S/C19H23N3O3/c1-12-17(19(24-3)21(2)20-12)14-8-6-10-22(14)18(23)16-11-13-7-4-5-9-15(13)25-16/h4-5,7,9,14,16H,6,8,10-11H2,1-3H3/t14-,16-/m0/s1. The topological polar surface area (TPSA) is 56.6 Å². The number of amides is 1. The fourth-order valence-electron chi connectivity index (χ4n) is 4.11. The third-order valence-electron chi connectivity index (χ3n) is 5.20. The van der Waals surface area contributed by atoms with Crippen LogP contribution in [0, 0.1) is 6.92 Å². The summed E-state index contributed by atoms with van der Waals surface area (Å²) in [5.41, 5.74) is 3.04. The van der Waals surface area contributed by atoms with Gasteiger partial charge in [0.2, 0.25) is 5.88 Å². The Morgan fingerprint density at radius 2 is 2.16 bits per heavy atom. The molecular weight excluding hydrogens is 318 g/mol. The second-order valence-electron chi connectivity index (χ2n) is 6.74. The van der Waals surface area contributed by atoms with Crippen LogP contribution in [0.1, 0.15) is 35.7 Å². The highest BCUT2D eigenvalue weighted by Crippen LogP contribution is 2.40. The van der Waals surface area contributed by atoms with Crippen molar-refractivity contribution in [3.8, 4) is 11.6 Å². The van der Waals surface area contributed by atoms with Crippen LogP contribution in [0.15, 0.2) is 24.3 Å². The molecular formula is C19H23N3O3. The van der Waals surface area contributed by atoms with Gasteiger partial charge in [0.25, 0.3) is 5.91 Å². The van der Waals surface area contributed by atoms with Crippen LogP contribution in [0.25, 0.3) is 0 Å². The van der Waals surface area contributed by atoms with E-state index >= 15 is 0 Å². The number of aromatic nitrogens is 2. The van der Waals surface area contributed by atoms with Gasteiger partial charge in [-0.25, -0.2) is 4.68 Å². The lowest BCUT2D eigenvalue weighted by atomic mass is 10.0. The van der Waals surface area contributed by atoms with Crippen LogP contribution in [-0.4, -0.2) is 40.3 Å². The molecule has 6 nitrogen and oxygen atoms in total. The Balaban J connectivity index is 1.60. The maximum absolute atomic E-state index is 13.2. The van der Waals surface area contributed by atoms with Gasteiger partial charge in [0.1, 0.15) is 5.75 Å². The first-order chi connectivity index (χ1) is 12.1. The van der Waals surface area contributed by atoms with Crippen molar-refractivity contribution in [1.82, 2.24) is 14.7 Å². The van der Waals surface area contributed by atoms with E-state index < -0.39 is 6.10 Å². The minimum atomic E-state index is -0.430. The monoisotopic (exact) mass is 341 g/mol. The van der Waals surface area contributed by atoms with Gasteiger partial charge in [-0.2, -0.15) is 5.10 Å². The number of ether oxygens (including phenoxy) is 2. The summed E-state index contributed by atoms with van der Waals surface area (Å²) in [6, 6.07) is 7.88. The molecule has 0 saturated carbocycles. The predicted molar refractivity (Wildman–Crippen MR) is 92.7 cm³/mol. The van der Waals surface area contributed by atoms with E-state index in [4.69, 9.17) is 9.47 Å². The Hall–Kier alpha value is -2.50. The number of likely N-dealkylation sites (tertiary alicyclic amines) is 1. The van der Waals surface area contributed by atoms with Crippen LogP contribution < -0.4 is 9.47 Å². The molecule has 1 aromatic carbocycles. The fraction of sp³-hybridized carbons (Fsp3) is 0.474. The lowest BCUT2D eigenvalue weighted by Crippen LogP contribution is -2.41. The lowest BCUT2D eigenvalue weighted by molar-refractivity contribution is -0.138. The summed E-state index contributed by atoms with van der Waals surface area (Å²) in [5, 5.41) is 4.47. The van der Waals surface area contributed by atoms with E-state index in [1.807, 2.05) is 43.1 Å². The van der Waals surface area contributed by atoms with Gasteiger partial charge in [-0.05, 0) is 31.4 Å². The Labute approximate surface area is 147 Å². The average Bonchev–Trinajstić information content (AvgIpc) is 3.30. The van der Waals surface area contributed by atoms with E-state index in [1.165, 1.54) is 0 Å². The molecule has 132 valence electrons. The van der Waals surface area contributed by atoms with Gasteiger partial charge in [-0.1, -0.05) is 18.2 Å². The van der Waals surface area contributed by atoms with Crippen LogP contribution in [0.2, 0.25) is 0 Å². The molecule has 6 heteroatoms. The van der Waals surface area contributed by atoms with Crippen LogP contribution in [0.5, 0.6) is 11.6 Å². The van der Waals surface area contributed by atoms with Crippen molar-refractivity contribution in [2.45, 2.75) is 38.3 Å². The van der Waals surface area contributed by atoms with E-state index in [0.29, 0.717) is 6.42 Å². The Morgan fingerprint density at radius 3 is 2.92 bits per heavy atom. The summed E-state index contributed by atoms with van der Waals surface area (Å²) >= 11 is 0. The molecule has 0 bridgehead atoms. The third-order valence-corrected chi connectivity index (χ3v) is 5.20.